The first-order valence-electron chi connectivity index (χ1n) is 14.3. The largest absolute Gasteiger partial charge is 0.455 e. The number of amides is 1. The lowest BCUT2D eigenvalue weighted by Gasteiger charge is -2.47. The monoisotopic (exact) mass is 543 g/mol. The third kappa shape index (κ3) is 3.89. The zero-order valence-corrected chi connectivity index (χ0v) is 22.5. The molecule has 0 saturated carbocycles. The smallest absolute Gasteiger partial charge is 0.410 e. The fraction of sp³-hybridized carbons (Fsp3) is 0.257. The molecule has 1 aliphatic carbocycles. The van der Waals surface area contributed by atoms with Crippen LogP contribution in [0.3, 0.4) is 0 Å². The van der Waals surface area contributed by atoms with Gasteiger partial charge in [-0.15, -0.1) is 0 Å². The van der Waals surface area contributed by atoms with Gasteiger partial charge in [-0.3, -0.25) is 9.69 Å². The van der Waals surface area contributed by atoms with Crippen molar-refractivity contribution in [3.8, 4) is 11.1 Å². The van der Waals surface area contributed by atoms with E-state index in [4.69, 9.17) is 13.9 Å². The van der Waals surface area contributed by atoms with Gasteiger partial charge in [-0.05, 0) is 47.2 Å². The van der Waals surface area contributed by atoms with Crippen molar-refractivity contribution in [2.24, 2.45) is 5.92 Å². The molecule has 41 heavy (non-hydrogen) atoms. The number of para-hydroxylation sites is 2. The Hall–Kier alpha value is -4.42. The van der Waals surface area contributed by atoms with Crippen LogP contribution >= 0.6 is 0 Å². The fourth-order valence-electron chi connectivity index (χ4n) is 7.26. The SMILES string of the molecule is O=C(c1cccc2c1oc1ccccc12)C1CC2COCC(C1)N2C(=O)OCC1c2ccccc2-c2ccccc21. The summed E-state index contributed by atoms with van der Waals surface area (Å²) in [6.45, 7) is 1.08. The third-order valence-corrected chi connectivity index (χ3v) is 9.11. The van der Waals surface area contributed by atoms with E-state index in [1.807, 2.05) is 71.6 Å². The van der Waals surface area contributed by atoms with Gasteiger partial charge in [0, 0.05) is 22.6 Å². The van der Waals surface area contributed by atoms with Crippen LogP contribution in [0.4, 0.5) is 4.79 Å². The van der Waals surface area contributed by atoms with Crippen LogP contribution in [0.1, 0.15) is 40.2 Å². The van der Waals surface area contributed by atoms with Crippen molar-refractivity contribution >= 4 is 33.8 Å². The first-order valence-corrected chi connectivity index (χ1v) is 14.3. The average Bonchev–Trinajstić information content (AvgIpc) is 3.55. The molecule has 0 N–H and O–H groups in total. The Morgan fingerprint density at radius 2 is 1.39 bits per heavy atom. The lowest BCUT2D eigenvalue weighted by atomic mass is 9.80. The summed E-state index contributed by atoms with van der Waals surface area (Å²) in [6, 6.07) is 29.9. The van der Waals surface area contributed by atoms with Crippen LogP contribution in [-0.2, 0) is 9.47 Å². The summed E-state index contributed by atoms with van der Waals surface area (Å²) < 4.78 is 18.0. The van der Waals surface area contributed by atoms with E-state index in [-0.39, 0.29) is 42.4 Å². The Bertz CT molecular complexity index is 1760. The number of ketones is 1. The summed E-state index contributed by atoms with van der Waals surface area (Å²) >= 11 is 0. The molecule has 3 heterocycles. The molecule has 204 valence electrons. The lowest BCUT2D eigenvalue weighted by molar-refractivity contribution is -0.0747. The standard InChI is InChI=1S/C35H29NO5/c37-33(30-14-7-13-29-28-12-5-6-15-32(28)41-34(29)30)21-16-22-18-39-19-23(17-21)36(22)35(38)40-20-31-26-10-3-1-8-24(26)25-9-2-4-11-27(25)31/h1-15,21-23,31H,16-20H2. The van der Waals surface area contributed by atoms with E-state index in [0.717, 1.165) is 16.4 Å². The van der Waals surface area contributed by atoms with Gasteiger partial charge in [0.15, 0.2) is 5.78 Å². The lowest BCUT2D eigenvalue weighted by Crippen LogP contribution is -2.60. The van der Waals surface area contributed by atoms with Crippen molar-refractivity contribution in [3.05, 3.63) is 108 Å². The molecule has 8 rings (SSSR count). The number of hydrogen-bond acceptors (Lipinski definition) is 5. The molecule has 4 aromatic carbocycles. The summed E-state index contributed by atoms with van der Waals surface area (Å²) in [5.41, 5.74) is 6.80. The van der Waals surface area contributed by atoms with Crippen molar-refractivity contribution in [1.29, 1.82) is 0 Å². The molecule has 6 nitrogen and oxygen atoms in total. The molecule has 1 aromatic heterocycles. The molecule has 2 atom stereocenters. The van der Waals surface area contributed by atoms with E-state index >= 15 is 0 Å². The summed E-state index contributed by atoms with van der Waals surface area (Å²) in [7, 11) is 0. The number of rotatable bonds is 4. The average molecular weight is 544 g/mol. The van der Waals surface area contributed by atoms with Gasteiger partial charge >= 0.3 is 6.09 Å². The molecule has 2 saturated heterocycles. The van der Waals surface area contributed by atoms with Crippen molar-refractivity contribution in [3.63, 3.8) is 0 Å². The molecule has 2 fully saturated rings. The number of benzene rings is 4. The van der Waals surface area contributed by atoms with Crippen LogP contribution in [0.15, 0.2) is 95.4 Å². The maximum atomic E-state index is 13.9. The predicted octanol–water partition coefficient (Wildman–Crippen LogP) is 7.20. The van der Waals surface area contributed by atoms with Gasteiger partial charge in [-0.1, -0.05) is 78.9 Å². The van der Waals surface area contributed by atoms with Crippen molar-refractivity contribution in [1.82, 2.24) is 4.90 Å². The van der Waals surface area contributed by atoms with Crippen LogP contribution in [-0.4, -0.2) is 48.7 Å². The Balaban J connectivity index is 1.01. The quantitative estimate of drug-likeness (QED) is 0.224. The van der Waals surface area contributed by atoms with E-state index in [9.17, 15) is 9.59 Å². The Kier molecular flexibility index (Phi) is 5.71. The number of furan rings is 1. The van der Waals surface area contributed by atoms with Gasteiger partial charge in [0.05, 0.1) is 30.9 Å². The molecule has 2 unspecified atom stereocenters. The van der Waals surface area contributed by atoms with E-state index < -0.39 is 0 Å². The van der Waals surface area contributed by atoms with Crippen LogP contribution in [0.2, 0.25) is 0 Å². The Morgan fingerprint density at radius 3 is 2.12 bits per heavy atom. The number of carbonyl (C=O) groups is 2. The molecule has 5 aromatic rings. The van der Waals surface area contributed by atoms with Gasteiger partial charge in [0.2, 0.25) is 0 Å². The van der Waals surface area contributed by atoms with Gasteiger partial charge in [-0.2, -0.15) is 0 Å². The Labute approximate surface area is 237 Å². The highest BCUT2D eigenvalue weighted by Crippen LogP contribution is 2.45. The van der Waals surface area contributed by atoms with Crippen LogP contribution in [0, 0.1) is 5.92 Å². The number of nitrogens with zero attached hydrogens (tertiary/aromatic N) is 1. The van der Waals surface area contributed by atoms with Crippen molar-refractivity contribution in [2.75, 3.05) is 19.8 Å². The molecule has 0 radical (unpaired) electrons. The minimum Gasteiger partial charge on any atom is -0.455 e. The molecular weight excluding hydrogens is 514 g/mol. The maximum absolute atomic E-state index is 13.9. The molecule has 0 spiro atoms. The number of piperidine rings is 1. The minimum atomic E-state index is -0.324. The second-order valence-electron chi connectivity index (χ2n) is 11.4. The van der Waals surface area contributed by atoms with Crippen LogP contribution in [0.25, 0.3) is 33.1 Å². The zero-order chi connectivity index (χ0) is 27.5. The Morgan fingerprint density at radius 1 is 0.756 bits per heavy atom. The molecule has 2 aliphatic heterocycles. The van der Waals surface area contributed by atoms with E-state index in [2.05, 4.69) is 24.3 Å². The van der Waals surface area contributed by atoms with Gasteiger partial charge in [-0.25, -0.2) is 4.79 Å². The highest BCUT2D eigenvalue weighted by atomic mass is 16.6. The van der Waals surface area contributed by atoms with E-state index in [0.29, 0.717) is 37.2 Å². The second-order valence-corrected chi connectivity index (χ2v) is 11.4. The minimum absolute atomic E-state index is 0.00542. The summed E-state index contributed by atoms with van der Waals surface area (Å²) in [6.07, 6.45) is 0.752. The predicted molar refractivity (Wildman–Crippen MR) is 156 cm³/mol. The summed E-state index contributed by atoms with van der Waals surface area (Å²) in [5.74, 6) is -0.144. The maximum Gasteiger partial charge on any atom is 0.410 e. The van der Waals surface area contributed by atoms with Crippen molar-refractivity contribution in [2.45, 2.75) is 30.8 Å². The molecule has 1 amide bonds. The first kappa shape index (κ1) is 24.4. The highest BCUT2D eigenvalue weighted by molar-refractivity contribution is 6.14. The van der Waals surface area contributed by atoms with Gasteiger partial charge in [0.25, 0.3) is 0 Å². The van der Waals surface area contributed by atoms with Crippen LogP contribution < -0.4 is 0 Å². The topological polar surface area (TPSA) is 69.0 Å². The van der Waals surface area contributed by atoms with E-state index in [1.54, 1.807) is 0 Å². The molecular formula is C35H29NO5. The van der Waals surface area contributed by atoms with Crippen LogP contribution in [0.5, 0.6) is 0 Å². The number of ether oxygens (including phenoxy) is 2. The first-order chi connectivity index (χ1) is 20.2. The number of carbonyl (C=O) groups excluding carboxylic acids is 2. The molecule has 6 heteroatoms. The number of Topliss-reactive ketones (excluding diaryl/α,β-unsaturated/α-hetero) is 1. The van der Waals surface area contributed by atoms with Crippen molar-refractivity contribution < 1.29 is 23.5 Å². The number of morpholine rings is 1. The summed E-state index contributed by atoms with van der Waals surface area (Å²) in [4.78, 5) is 29.3. The normalized spacial score (nSPS) is 21.6. The number of hydrogen-bond donors (Lipinski definition) is 0. The molecule has 2 bridgehead atoms. The molecule has 3 aliphatic rings. The summed E-state index contributed by atoms with van der Waals surface area (Å²) in [5, 5.41) is 1.96. The van der Waals surface area contributed by atoms with E-state index in [1.165, 1.54) is 22.3 Å². The fourth-order valence-corrected chi connectivity index (χ4v) is 7.26. The highest BCUT2D eigenvalue weighted by Gasteiger charge is 2.45. The van der Waals surface area contributed by atoms with Gasteiger partial charge < -0.3 is 13.9 Å². The van der Waals surface area contributed by atoms with Gasteiger partial charge in [0.1, 0.15) is 17.8 Å². The second kappa shape index (κ2) is 9.60. The number of fused-ring (bicyclic) bond motifs is 8. The zero-order valence-electron chi connectivity index (χ0n) is 22.5. The third-order valence-electron chi connectivity index (χ3n) is 9.11.